The van der Waals surface area contributed by atoms with Crippen LogP contribution >= 0.6 is 11.3 Å². The Morgan fingerprint density at radius 2 is 1.75 bits per heavy atom. The molecule has 0 saturated carbocycles. The van der Waals surface area contributed by atoms with Gasteiger partial charge >= 0.3 is 0 Å². The van der Waals surface area contributed by atoms with Crippen LogP contribution in [0.1, 0.15) is 12.5 Å². The Morgan fingerprint density at radius 3 is 2.25 bits per heavy atom. The van der Waals surface area contributed by atoms with Crippen molar-refractivity contribution in [1.29, 1.82) is 0 Å². The highest BCUT2D eigenvalue weighted by molar-refractivity contribution is 7.91. The van der Waals surface area contributed by atoms with Crippen LogP contribution < -0.4 is 0 Å². The molecule has 0 bridgehead atoms. The summed E-state index contributed by atoms with van der Waals surface area (Å²) < 4.78 is 51.7. The second-order valence-electron chi connectivity index (χ2n) is 4.12. The van der Waals surface area contributed by atoms with Crippen molar-refractivity contribution in [3.63, 3.8) is 0 Å². The number of halogens is 2. The van der Waals surface area contributed by atoms with Gasteiger partial charge in [0.25, 0.3) is 10.0 Å². The molecule has 108 valence electrons. The van der Waals surface area contributed by atoms with Crippen LogP contribution in [0.4, 0.5) is 8.78 Å². The average molecular weight is 317 g/mol. The second-order valence-corrected chi connectivity index (χ2v) is 7.31. The summed E-state index contributed by atoms with van der Waals surface area (Å²) >= 11 is 0.595. The SMILES string of the molecule is CCN(Cc1ccc(F)cc1)S(=O)(=O)c1ccc(F)s1. The first kappa shape index (κ1) is 15.1. The minimum Gasteiger partial charge on any atom is -0.207 e. The molecule has 0 aliphatic rings. The van der Waals surface area contributed by atoms with E-state index in [4.69, 9.17) is 0 Å². The van der Waals surface area contributed by atoms with Gasteiger partial charge in [-0.15, -0.1) is 0 Å². The van der Waals surface area contributed by atoms with Crippen LogP contribution in [0.2, 0.25) is 0 Å². The fourth-order valence-corrected chi connectivity index (χ4v) is 4.32. The fraction of sp³-hybridized carbons (Fsp3) is 0.231. The summed E-state index contributed by atoms with van der Waals surface area (Å²) in [6.45, 7) is 2.07. The Labute approximate surface area is 120 Å². The van der Waals surface area contributed by atoms with Gasteiger partial charge in [0, 0.05) is 13.1 Å². The minimum absolute atomic E-state index is 0.0287. The van der Waals surface area contributed by atoms with E-state index >= 15 is 0 Å². The lowest BCUT2D eigenvalue weighted by Gasteiger charge is -2.19. The molecule has 0 amide bonds. The van der Waals surface area contributed by atoms with E-state index in [1.165, 1.54) is 34.6 Å². The topological polar surface area (TPSA) is 37.4 Å². The zero-order valence-corrected chi connectivity index (χ0v) is 12.3. The van der Waals surface area contributed by atoms with E-state index in [1.54, 1.807) is 6.92 Å². The van der Waals surface area contributed by atoms with Gasteiger partial charge in [-0.3, -0.25) is 0 Å². The molecule has 0 saturated heterocycles. The fourth-order valence-electron chi connectivity index (χ4n) is 1.72. The Morgan fingerprint density at radius 1 is 1.10 bits per heavy atom. The Bertz CT molecular complexity index is 681. The van der Waals surface area contributed by atoms with E-state index in [0.717, 1.165) is 6.07 Å². The molecule has 0 aliphatic heterocycles. The van der Waals surface area contributed by atoms with Gasteiger partial charge in [0.1, 0.15) is 10.0 Å². The highest BCUT2D eigenvalue weighted by Gasteiger charge is 2.25. The van der Waals surface area contributed by atoms with Gasteiger partial charge in [-0.05, 0) is 29.8 Å². The lowest BCUT2D eigenvalue weighted by molar-refractivity contribution is 0.424. The van der Waals surface area contributed by atoms with Crippen LogP contribution in [-0.4, -0.2) is 19.3 Å². The molecular weight excluding hydrogens is 304 g/mol. The third kappa shape index (κ3) is 3.23. The highest BCUT2D eigenvalue weighted by atomic mass is 32.2. The monoisotopic (exact) mass is 317 g/mol. The van der Waals surface area contributed by atoms with Crippen molar-refractivity contribution in [2.45, 2.75) is 17.7 Å². The summed E-state index contributed by atoms with van der Waals surface area (Å²) in [6, 6.07) is 8.00. The van der Waals surface area contributed by atoms with E-state index in [2.05, 4.69) is 0 Å². The van der Waals surface area contributed by atoms with Crippen molar-refractivity contribution in [1.82, 2.24) is 4.31 Å². The first-order valence-electron chi connectivity index (χ1n) is 5.93. The average Bonchev–Trinajstić information content (AvgIpc) is 2.85. The van der Waals surface area contributed by atoms with Gasteiger partial charge in [-0.2, -0.15) is 8.70 Å². The van der Waals surface area contributed by atoms with Crippen LogP contribution in [0.3, 0.4) is 0 Å². The summed E-state index contributed by atoms with van der Waals surface area (Å²) in [5.41, 5.74) is 0.675. The van der Waals surface area contributed by atoms with Crippen molar-refractivity contribution < 1.29 is 17.2 Å². The van der Waals surface area contributed by atoms with E-state index in [-0.39, 0.29) is 23.1 Å². The number of sulfonamides is 1. The van der Waals surface area contributed by atoms with Gasteiger partial charge < -0.3 is 0 Å². The molecule has 0 aliphatic carbocycles. The van der Waals surface area contributed by atoms with Gasteiger partial charge in [0.2, 0.25) is 0 Å². The molecule has 0 unspecified atom stereocenters. The van der Waals surface area contributed by atoms with Crippen LogP contribution in [0.15, 0.2) is 40.6 Å². The van der Waals surface area contributed by atoms with E-state index in [9.17, 15) is 17.2 Å². The molecule has 1 aromatic heterocycles. The first-order valence-corrected chi connectivity index (χ1v) is 8.19. The maximum Gasteiger partial charge on any atom is 0.252 e. The van der Waals surface area contributed by atoms with Crippen LogP contribution in [0, 0.1) is 10.9 Å². The van der Waals surface area contributed by atoms with E-state index in [1.807, 2.05) is 0 Å². The van der Waals surface area contributed by atoms with Crippen LogP contribution in [-0.2, 0) is 16.6 Å². The number of nitrogens with zero attached hydrogens (tertiary/aromatic N) is 1. The maximum absolute atomic E-state index is 13.0. The number of hydrogen-bond acceptors (Lipinski definition) is 3. The Balaban J connectivity index is 2.25. The van der Waals surface area contributed by atoms with E-state index < -0.39 is 15.2 Å². The molecule has 1 heterocycles. The quantitative estimate of drug-likeness (QED) is 0.849. The van der Waals surface area contributed by atoms with Gasteiger partial charge in [-0.25, -0.2) is 12.8 Å². The van der Waals surface area contributed by atoms with Crippen molar-refractivity contribution in [3.05, 3.63) is 52.9 Å². The van der Waals surface area contributed by atoms with Gasteiger partial charge in [-0.1, -0.05) is 30.4 Å². The summed E-state index contributed by atoms with van der Waals surface area (Å²) in [7, 11) is -3.72. The minimum atomic E-state index is -3.72. The number of thiophene rings is 1. The molecule has 0 atom stereocenters. The zero-order chi connectivity index (χ0) is 14.8. The van der Waals surface area contributed by atoms with Crippen LogP contribution in [0.25, 0.3) is 0 Å². The zero-order valence-electron chi connectivity index (χ0n) is 10.7. The van der Waals surface area contributed by atoms with Crippen molar-refractivity contribution in [2.24, 2.45) is 0 Å². The van der Waals surface area contributed by atoms with E-state index in [0.29, 0.717) is 16.9 Å². The normalized spacial score (nSPS) is 12.0. The molecule has 0 spiro atoms. The molecule has 0 N–H and O–H groups in total. The Hall–Kier alpha value is -1.31. The first-order chi connectivity index (χ1) is 9.43. The summed E-state index contributed by atoms with van der Waals surface area (Å²) in [4.78, 5) is 0. The van der Waals surface area contributed by atoms with Crippen molar-refractivity contribution >= 4 is 21.4 Å². The summed E-state index contributed by atoms with van der Waals surface area (Å²) in [5.74, 6) is -0.375. The maximum atomic E-state index is 13.0. The number of hydrogen-bond donors (Lipinski definition) is 0. The molecule has 1 aromatic carbocycles. The molecule has 0 fully saturated rings. The molecule has 7 heteroatoms. The van der Waals surface area contributed by atoms with Crippen LogP contribution in [0.5, 0.6) is 0 Å². The lowest BCUT2D eigenvalue weighted by Crippen LogP contribution is -2.29. The number of benzene rings is 1. The lowest BCUT2D eigenvalue weighted by atomic mass is 10.2. The molecule has 0 radical (unpaired) electrons. The predicted molar refractivity (Wildman–Crippen MR) is 73.9 cm³/mol. The third-order valence-corrected chi connectivity index (χ3v) is 6.03. The molecule has 20 heavy (non-hydrogen) atoms. The van der Waals surface area contributed by atoms with Gasteiger partial charge in [0.05, 0.1) is 0 Å². The van der Waals surface area contributed by atoms with Crippen molar-refractivity contribution in [2.75, 3.05) is 6.54 Å². The molecule has 2 aromatic rings. The highest BCUT2D eigenvalue weighted by Crippen LogP contribution is 2.25. The third-order valence-electron chi connectivity index (χ3n) is 2.77. The molecular formula is C13H13F2NO2S2. The number of rotatable bonds is 5. The second kappa shape index (κ2) is 5.99. The molecule has 2 rings (SSSR count). The largest absolute Gasteiger partial charge is 0.252 e. The Kier molecular flexibility index (Phi) is 4.52. The summed E-state index contributed by atoms with van der Waals surface area (Å²) in [5, 5.41) is -0.540. The van der Waals surface area contributed by atoms with Gasteiger partial charge in [0.15, 0.2) is 5.13 Å². The standard InChI is InChI=1S/C13H13F2NO2S2/c1-2-16(9-10-3-5-11(14)6-4-10)20(17,18)13-8-7-12(15)19-13/h3-8H,2,9H2,1H3. The van der Waals surface area contributed by atoms with Crippen molar-refractivity contribution in [3.8, 4) is 0 Å². The predicted octanol–water partition coefficient (Wildman–Crippen LogP) is 3.24. The smallest absolute Gasteiger partial charge is 0.207 e. The summed E-state index contributed by atoms with van der Waals surface area (Å²) in [6.07, 6.45) is 0. The molecule has 3 nitrogen and oxygen atoms in total.